The first-order chi connectivity index (χ1) is 4.80. The Morgan fingerprint density at radius 3 is 2.50 bits per heavy atom. The topological polar surface area (TPSA) is 37.3 Å². The zero-order valence-electron chi connectivity index (χ0n) is 5.37. The molecule has 1 aromatic rings. The second-order valence-corrected chi connectivity index (χ2v) is 2.23. The van der Waals surface area contributed by atoms with Gasteiger partial charge in [0.1, 0.15) is 4.88 Å². The largest absolute Gasteiger partial charge is 0.477 e. The molecule has 0 atom stereocenters. The summed E-state index contributed by atoms with van der Waals surface area (Å²) >= 11 is 5.87. The van der Waals surface area contributed by atoms with Crippen molar-refractivity contribution in [3.05, 3.63) is 22.4 Å². The fraction of sp³-hybridized carbons (Fsp3) is 0.167. The summed E-state index contributed by atoms with van der Waals surface area (Å²) in [4.78, 5) is 10.5. The van der Waals surface area contributed by atoms with Gasteiger partial charge < -0.3 is 5.11 Å². The van der Waals surface area contributed by atoms with Crippen molar-refractivity contribution < 1.29 is 9.90 Å². The Morgan fingerprint density at radius 1 is 1.70 bits per heavy atom. The van der Waals surface area contributed by atoms with Crippen LogP contribution in [-0.4, -0.2) is 17.5 Å². The third kappa shape index (κ3) is 2.85. The second-order valence-electron chi connectivity index (χ2n) is 1.28. The van der Waals surface area contributed by atoms with Gasteiger partial charge in [0.2, 0.25) is 0 Å². The fourth-order valence-corrected chi connectivity index (χ4v) is 0.962. The second kappa shape index (κ2) is 5.26. The first kappa shape index (κ1) is 9.46. The molecule has 0 aliphatic carbocycles. The molecule has 0 aliphatic heterocycles. The van der Waals surface area contributed by atoms with E-state index in [1.807, 2.05) is 0 Å². The summed E-state index contributed by atoms with van der Waals surface area (Å²) in [5.41, 5.74) is 0. The lowest BCUT2D eigenvalue weighted by molar-refractivity contribution is 0.0702. The van der Waals surface area contributed by atoms with Crippen molar-refractivity contribution in [3.63, 3.8) is 0 Å². The van der Waals surface area contributed by atoms with Gasteiger partial charge in [-0.1, -0.05) is 6.07 Å². The minimum atomic E-state index is -0.847. The average Bonchev–Trinajstić information content (AvgIpc) is 2.42. The van der Waals surface area contributed by atoms with E-state index in [0.717, 1.165) is 0 Å². The van der Waals surface area contributed by atoms with Crippen molar-refractivity contribution in [3.8, 4) is 0 Å². The van der Waals surface area contributed by atoms with Crippen molar-refractivity contribution in [2.75, 3.05) is 6.38 Å². The maximum atomic E-state index is 10.1. The smallest absolute Gasteiger partial charge is 0.345 e. The van der Waals surface area contributed by atoms with Crippen LogP contribution in [-0.2, 0) is 0 Å². The lowest BCUT2D eigenvalue weighted by Crippen LogP contribution is -1.89. The highest BCUT2D eigenvalue weighted by Gasteiger charge is 1.99. The quantitative estimate of drug-likeness (QED) is 0.671. The van der Waals surface area contributed by atoms with Crippen LogP contribution in [0.4, 0.5) is 0 Å². The third-order valence-electron chi connectivity index (χ3n) is 0.732. The Morgan fingerprint density at radius 2 is 2.30 bits per heavy atom. The van der Waals surface area contributed by atoms with E-state index >= 15 is 0 Å². The fourth-order valence-electron chi connectivity index (χ4n) is 0.400. The number of aromatic carboxylic acids is 1. The van der Waals surface area contributed by atoms with Crippen LogP contribution in [0.15, 0.2) is 17.5 Å². The van der Waals surface area contributed by atoms with Gasteiger partial charge in [-0.3, -0.25) is 0 Å². The number of thiophene rings is 1. The molecule has 1 aromatic heterocycles. The van der Waals surface area contributed by atoms with Crippen LogP contribution in [0.3, 0.4) is 0 Å². The van der Waals surface area contributed by atoms with Gasteiger partial charge in [-0.2, -0.15) is 0 Å². The van der Waals surface area contributed by atoms with E-state index in [2.05, 4.69) is 11.6 Å². The molecule has 0 saturated carbocycles. The minimum absolute atomic E-state index is 0.394. The number of carboxylic acid groups (broad SMARTS) is 1. The summed E-state index contributed by atoms with van der Waals surface area (Å²) in [6.07, 6.45) is 1.47. The number of carbonyl (C=O) groups is 1. The van der Waals surface area contributed by atoms with Crippen molar-refractivity contribution in [1.82, 2.24) is 0 Å². The van der Waals surface area contributed by atoms with Crippen molar-refractivity contribution >= 4 is 28.9 Å². The van der Waals surface area contributed by atoms with Gasteiger partial charge in [-0.25, -0.2) is 4.79 Å². The molecule has 1 heterocycles. The van der Waals surface area contributed by atoms with Gasteiger partial charge >= 0.3 is 5.97 Å². The number of rotatable bonds is 1. The van der Waals surface area contributed by atoms with Crippen molar-refractivity contribution in [2.45, 2.75) is 0 Å². The number of alkyl halides is 1. The van der Waals surface area contributed by atoms with Crippen LogP contribution in [0.25, 0.3) is 0 Å². The Bertz CT molecular complexity index is 184. The van der Waals surface area contributed by atoms with Gasteiger partial charge in [-0.15, -0.1) is 22.9 Å². The van der Waals surface area contributed by atoms with Crippen LogP contribution in [0.5, 0.6) is 0 Å². The lowest BCUT2D eigenvalue weighted by atomic mass is 10.5. The molecular formula is C6H7ClO2S. The predicted molar refractivity (Wildman–Crippen MR) is 43.1 cm³/mol. The number of carboxylic acids is 1. The maximum absolute atomic E-state index is 10.1. The molecule has 10 heavy (non-hydrogen) atoms. The Balaban J connectivity index is 0.000000371. The summed E-state index contributed by atoms with van der Waals surface area (Å²) in [6.45, 7) is 0. The Kier molecular flexibility index (Phi) is 4.98. The van der Waals surface area contributed by atoms with E-state index in [1.165, 1.54) is 17.7 Å². The highest BCUT2D eigenvalue weighted by atomic mass is 35.5. The van der Waals surface area contributed by atoms with E-state index in [1.54, 1.807) is 17.5 Å². The minimum Gasteiger partial charge on any atom is -0.477 e. The summed E-state index contributed by atoms with van der Waals surface area (Å²) in [6, 6.07) is 3.29. The van der Waals surface area contributed by atoms with Gasteiger partial charge in [0.25, 0.3) is 0 Å². The maximum Gasteiger partial charge on any atom is 0.345 e. The normalized spacial score (nSPS) is 7.80. The molecule has 0 fully saturated rings. The van der Waals surface area contributed by atoms with E-state index in [9.17, 15) is 4.79 Å². The third-order valence-corrected chi connectivity index (χ3v) is 1.59. The van der Waals surface area contributed by atoms with Gasteiger partial charge in [0.05, 0.1) is 0 Å². The summed E-state index contributed by atoms with van der Waals surface area (Å²) < 4.78 is 0. The summed E-state index contributed by atoms with van der Waals surface area (Å²) in [7, 11) is 0. The summed E-state index contributed by atoms with van der Waals surface area (Å²) in [5.74, 6) is -0.847. The monoisotopic (exact) mass is 178 g/mol. The molecule has 4 heteroatoms. The van der Waals surface area contributed by atoms with E-state index in [0.29, 0.717) is 4.88 Å². The van der Waals surface area contributed by atoms with E-state index in [4.69, 9.17) is 5.11 Å². The van der Waals surface area contributed by atoms with E-state index in [-0.39, 0.29) is 0 Å². The van der Waals surface area contributed by atoms with Gasteiger partial charge in [0, 0.05) is 6.38 Å². The predicted octanol–water partition coefficient (Wildman–Crippen LogP) is 2.30. The Labute approximate surface area is 68.1 Å². The molecule has 2 nitrogen and oxygen atoms in total. The number of halogens is 1. The zero-order chi connectivity index (χ0) is 7.98. The molecular weight excluding hydrogens is 172 g/mol. The molecule has 0 amide bonds. The van der Waals surface area contributed by atoms with Crippen molar-refractivity contribution in [1.29, 1.82) is 0 Å². The molecule has 56 valence electrons. The zero-order valence-corrected chi connectivity index (χ0v) is 6.95. The molecule has 0 aliphatic rings. The number of hydrogen-bond donors (Lipinski definition) is 1. The highest BCUT2D eigenvalue weighted by molar-refractivity contribution is 7.11. The van der Waals surface area contributed by atoms with Gasteiger partial charge in [-0.05, 0) is 11.4 Å². The van der Waals surface area contributed by atoms with E-state index < -0.39 is 5.97 Å². The summed E-state index contributed by atoms with van der Waals surface area (Å²) in [5, 5.41) is 10.0. The first-order valence-electron chi connectivity index (χ1n) is 2.45. The molecule has 0 unspecified atom stereocenters. The molecule has 0 aromatic carbocycles. The van der Waals surface area contributed by atoms with Crippen LogP contribution in [0.1, 0.15) is 9.67 Å². The lowest BCUT2D eigenvalue weighted by Gasteiger charge is -1.78. The van der Waals surface area contributed by atoms with Crippen LogP contribution >= 0.6 is 22.9 Å². The average molecular weight is 179 g/mol. The number of hydrogen-bond acceptors (Lipinski definition) is 2. The Hall–Kier alpha value is -0.540. The SMILES string of the molecule is CCl.O=C(O)c1cccs1. The molecule has 0 saturated heterocycles. The van der Waals surface area contributed by atoms with Crippen LogP contribution < -0.4 is 0 Å². The molecule has 0 spiro atoms. The van der Waals surface area contributed by atoms with Crippen LogP contribution in [0, 0.1) is 0 Å². The molecule has 0 bridgehead atoms. The van der Waals surface area contributed by atoms with Crippen LogP contribution in [0.2, 0.25) is 0 Å². The molecule has 0 radical (unpaired) electrons. The van der Waals surface area contributed by atoms with Crippen molar-refractivity contribution in [2.24, 2.45) is 0 Å². The first-order valence-corrected chi connectivity index (χ1v) is 4.09. The highest BCUT2D eigenvalue weighted by Crippen LogP contribution is 2.06. The standard InChI is InChI=1S/C5H4O2S.CH3Cl/c6-5(7)4-2-1-3-8-4;1-2/h1-3H,(H,6,7);1H3. The van der Waals surface area contributed by atoms with Gasteiger partial charge in [0.15, 0.2) is 0 Å². The molecule has 1 rings (SSSR count). The molecule has 1 N–H and O–H groups in total.